The first-order valence-electron chi connectivity index (χ1n) is 11.9. The maximum atomic E-state index is 14.8. The van der Waals surface area contributed by atoms with Crippen LogP contribution in [0, 0.1) is 11.6 Å². The van der Waals surface area contributed by atoms with Gasteiger partial charge in [0, 0.05) is 38.2 Å². The Labute approximate surface area is 225 Å². The molecule has 0 unspecified atom stereocenters. The van der Waals surface area contributed by atoms with Crippen LogP contribution in [0.5, 0.6) is 11.5 Å². The molecule has 0 bridgehead atoms. The highest BCUT2D eigenvalue weighted by Gasteiger charge is 2.29. The zero-order valence-corrected chi connectivity index (χ0v) is 22.4. The number of urea groups is 1. The van der Waals surface area contributed by atoms with Gasteiger partial charge >= 0.3 is 6.03 Å². The van der Waals surface area contributed by atoms with Crippen molar-refractivity contribution >= 4 is 33.6 Å². The molecule has 1 aliphatic heterocycles. The first-order valence-corrected chi connectivity index (χ1v) is 13.7. The summed E-state index contributed by atoms with van der Waals surface area (Å²) in [5.74, 6) is -4.24. The number of likely N-dealkylation sites (tertiary alicyclic amines) is 1. The van der Waals surface area contributed by atoms with Crippen molar-refractivity contribution in [1.82, 2.24) is 19.4 Å². The number of hydrogen-bond acceptors (Lipinski definition) is 6. The van der Waals surface area contributed by atoms with Gasteiger partial charge in [-0.2, -0.15) is 4.31 Å². The summed E-state index contributed by atoms with van der Waals surface area (Å²) in [6.07, 6.45) is 2.26. The minimum absolute atomic E-state index is 0.0832. The van der Waals surface area contributed by atoms with Gasteiger partial charge in [-0.25, -0.2) is 22.0 Å². The molecule has 1 heterocycles. The van der Waals surface area contributed by atoms with E-state index in [9.17, 15) is 26.8 Å². The molecule has 0 saturated carbocycles. The number of likely N-dealkylation sites (N-methyl/N-ethyl adjacent to an activating group) is 1. The summed E-state index contributed by atoms with van der Waals surface area (Å²) in [5.41, 5.74) is 5.22. The molecule has 1 aliphatic rings. The first kappa shape index (κ1) is 29.6. The molecule has 208 valence electrons. The Kier molecular flexibility index (Phi) is 10.3. The Morgan fingerprint density at radius 2 is 1.71 bits per heavy atom. The van der Waals surface area contributed by atoms with E-state index < -0.39 is 50.8 Å². The fourth-order valence-electron chi connectivity index (χ4n) is 3.84. The van der Waals surface area contributed by atoms with Crippen LogP contribution in [-0.2, 0) is 14.8 Å². The second-order valence-corrected chi connectivity index (χ2v) is 11.2. The fraction of sp³-hybridized carbons (Fsp3) is 0.417. The summed E-state index contributed by atoms with van der Waals surface area (Å²) in [4.78, 5) is 26.7. The highest BCUT2D eigenvalue weighted by atomic mass is 35.5. The highest BCUT2D eigenvalue weighted by Crippen LogP contribution is 2.31. The Bertz CT molecular complexity index is 1220. The van der Waals surface area contributed by atoms with Crippen LogP contribution in [0.15, 0.2) is 41.3 Å². The molecular formula is C24H30ClF2N5O5S. The van der Waals surface area contributed by atoms with Crippen molar-refractivity contribution in [2.75, 3.05) is 52.9 Å². The third-order valence-corrected chi connectivity index (χ3v) is 7.98. The van der Waals surface area contributed by atoms with E-state index in [-0.39, 0.29) is 18.8 Å². The summed E-state index contributed by atoms with van der Waals surface area (Å²) >= 11 is 5.79. The fourth-order valence-corrected chi connectivity index (χ4v) is 5.38. The second kappa shape index (κ2) is 13.2. The molecule has 1 fully saturated rings. The minimum Gasteiger partial charge on any atom is -0.451 e. The Morgan fingerprint density at radius 3 is 2.29 bits per heavy atom. The monoisotopic (exact) mass is 573 g/mol. The smallest absolute Gasteiger partial charge is 0.317 e. The lowest BCUT2D eigenvalue weighted by Crippen LogP contribution is -2.46. The van der Waals surface area contributed by atoms with Gasteiger partial charge in [0.25, 0.3) is 0 Å². The van der Waals surface area contributed by atoms with Gasteiger partial charge in [-0.3, -0.25) is 4.79 Å². The van der Waals surface area contributed by atoms with E-state index in [2.05, 4.69) is 10.2 Å². The molecular weight excluding hydrogens is 544 g/mol. The molecule has 0 spiro atoms. The van der Waals surface area contributed by atoms with Crippen LogP contribution < -0.4 is 15.8 Å². The SMILES string of the molecule is CN(CCN(CC(N)=O)S(=O)(=O)c1cc(F)c(Oc2ccc(Cl)cc2)c(F)c1)C(=O)NCCN1CCCC1. The van der Waals surface area contributed by atoms with Crippen molar-refractivity contribution in [3.05, 3.63) is 53.1 Å². The zero-order chi connectivity index (χ0) is 27.9. The van der Waals surface area contributed by atoms with Crippen LogP contribution in [-0.4, -0.2) is 87.3 Å². The van der Waals surface area contributed by atoms with Gasteiger partial charge < -0.3 is 25.6 Å². The number of carbonyl (C=O) groups excluding carboxylic acids is 2. The molecule has 2 aromatic carbocycles. The van der Waals surface area contributed by atoms with Gasteiger partial charge in [0.15, 0.2) is 17.4 Å². The van der Waals surface area contributed by atoms with E-state index in [1.807, 2.05) is 0 Å². The molecule has 0 aliphatic carbocycles. The van der Waals surface area contributed by atoms with Crippen molar-refractivity contribution < 1.29 is 31.5 Å². The number of hydrogen-bond donors (Lipinski definition) is 2. The largest absolute Gasteiger partial charge is 0.451 e. The summed E-state index contributed by atoms with van der Waals surface area (Å²) < 4.78 is 61.8. The molecule has 3 N–H and O–H groups in total. The van der Waals surface area contributed by atoms with E-state index in [1.165, 1.54) is 36.2 Å². The highest BCUT2D eigenvalue weighted by molar-refractivity contribution is 7.89. The van der Waals surface area contributed by atoms with Gasteiger partial charge in [-0.15, -0.1) is 0 Å². The van der Waals surface area contributed by atoms with Crippen LogP contribution in [0.25, 0.3) is 0 Å². The maximum absolute atomic E-state index is 14.8. The van der Waals surface area contributed by atoms with Crippen LogP contribution in [0.3, 0.4) is 0 Å². The van der Waals surface area contributed by atoms with E-state index in [0.717, 1.165) is 25.9 Å². The number of rotatable bonds is 12. The molecule has 2 aromatic rings. The van der Waals surface area contributed by atoms with Crippen LogP contribution >= 0.6 is 11.6 Å². The molecule has 3 amide bonds. The van der Waals surface area contributed by atoms with Crippen LogP contribution in [0.2, 0.25) is 5.02 Å². The van der Waals surface area contributed by atoms with Gasteiger partial charge in [-0.05, 0) is 62.3 Å². The first-order chi connectivity index (χ1) is 18.0. The standard InChI is InChI=1S/C24H30ClF2N5O5S/c1-30(24(34)29-8-11-31-9-2-3-10-31)12-13-32(16-22(28)33)38(35,36)19-14-20(26)23(21(27)15-19)37-18-6-4-17(25)5-7-18/h4-7,14-15H,2-3,8-13,16H2,1H3,(H2,28,33)(H,29,34). The second-order valence-electron chi connectivity index (χ2n) is 8.78. The third kappa shape index (κ3) is 8.00. The molecule has 0 aromatic heterocycles. The van der Waals surface area contributed by atoms with Crippen LogP contribution in [0.4, 0.5) is 13.6 Å². The summed E-state index contributed by atoms with van der Waals surface area (Å²) in [6, 6.07) is 6.44. The summed E-state index contributed by atoms with van der Waals surface area (Å²) in [5, 5.41) is 3.14. The average molecular weight is 574 g/mol. The number of nitrogens with two attached hydrogens (primary N) is 1. The molecule has 10 nitrogen and oxygen atoms in total. The summed E-state index contributed by atoms with van der Waals surface area (Å²) in [7, 11) is -3.11. The Balaban J connectivity index is 1.68. The molecule has 3 rings (SSSR count). The van der Waals surface area contributed by atoms with Crippen molar-refractivity contribution in [3.63, 3.8) is 0 Å². The Morgan fingerprint density at radius 1 is 1.11 bits per heavy atom. The molecule has 0 radical (unpaired) electrons. The molecule has 38 heavy (non-hydrogen) atoms. The number of nitrogens with zero attached hydrogens (tertiary/aromatic N) is 3. The minimum atomic E-state index is -4.57. The normalized spacial score (nSPS) is 14.0. The topological polar surface area (TPSA) is 125 Å². The predicted molar refractivity (Wildman–Crippen MR) is 138 cm³/mol. The van der Waals surface area contributed by atoms with Crippen molar-refractivity contribution in [1.29, 1.82) is 0 Å². The number of ether oxygens (including phenoxy) is 1. The lowest BCUT2D eigenvalue weighted by molar-refractivity contribution is -0.118. The quantitative estimate of drug-likeness (QED) is 0.402. The number of nitrogens with one attached hydrogen (secondary N) is 1. The van der Waals surface area contributed by atoms with E-state index >= 15 is 0 Å². The van der Waals surface area contributed by atoms with E-state index in [1.54, 1.807) is 0 Å². The number of amides is 3. The number of benzene rings is 2. The molecule has 1 saturated heterocycles. The van der Waals surface area contributed by atoms with Crippen molar-refractivity contribution in [2.45, 2.75) is 17.7 Å². The number of halogens is 3. The van der Waals surface area contributed by atoms with E-state index in [4.69, 9.17) is 22.1 Å². The van der Waals surface area contributed by atoms with Gasteiger partial charge in [0.1, 0.15) is 5.75 Å². The average Bonchev–Trinajstić information content (AvgIpc) is 3.38. The predicted octanol–water partition coefficient (Wildman–Crippen LogP) is 2.62. The van der Waals surface area contributed by atoms with Crippen molar-refractivity contribution in [3.8, 4) is 11.5 Å². The molecule has 0 atom stereocenters. The zero-order valence-electron chi connectivity index (χ0n) is 20.8. The van der Waals surface area contributed by atoms with Gasteiger partial charge in [0.05, 0.1) is 11.4 Å². The van der Waals surface area contributed by atoms with Crippen molar-refractivity contribution in [2.24, 2.45) is 5.73 Å². The number of primary amides is 1. The Hall–Kier alpha value is -3.00. The number of sulfonamides is 1. The maximum Gasteiger partial charge on any atom is 0.317 e. The van der Waals surface area contributed by atoms with Gasteiger partial charge in [0.2, 0.25) is 15.9 Å². The summed E-state index contributed by atoms with van der Waals surface area (Å²) in [6.45, 7) is 1.91. The van der Waals surface area contributed by atoms with E-state index in [0.29, 0.717) is 34.6 Å². The lowest BCUT2D eigenvalue weighted by atomic mass is 10.3. The van der Waals surface area contributed by atoms with Gasteiger partial charge in [-0.1, -0.05) is 11.6 Å². The molecule has 14 heteroatoms. The number of carbonyl (C=O) groups is 2. The lowest BCUT2D eigenvalue weighted by Gasteiger charge is -2.25. The third-order valence-electron chi connectivity index (χ3n) is 5.91. The van der Waals surface area contributed by atoms with Crippen LogP contribution in [0.1, 0.15) is 12.8 Å².